The van der Waals surface area contributed by atoms with E-state index in [4.69, 9.17) is 21.7 Å². The minimum atomic E-state index is -4.77. The Hall–Kier alpha value is -4.63. The predicted octanol–water partition coefficient (Wildman–Crippen LogP) is 5.73. The van der Waals surface area contributed by atoms with Crippen LogP contribution >= 0.6 is 12.2 Å². The summed E-state index contributed by atoms with van der Waals surface area (Å²) in [4.78, 5) is 55.5. The van der Waals surface area contributed by atoms with Crippen LogP contribution in [-0.2, 0) is 34.8 Å². The van der Waals surface area contributed by atoms with Crippen molar-refractivity contribution in [2.24, 2.45) is 0 Å². The van der Waals surface area contributed by atoms with Crippen molar-refractivity contribution < 1.29 is 41.8 Å². The van der Waals surface area contributed by atoms with Gasteiger partial charge in [-0.05, 0) is 121 Å². The van der Waals surface area contributed by atoms with Gasteiger partial charge in [0, 0.05) is 35.9 Å². The number of carbonyl (C=O) groups excluding carboxylic acids is 4. The highest BCUT2D eigenvalue weighted by atomic mass is 32.1. The van der Waals surface area contributed by atoms with E-state index < -0.39 is 34.8 Å². The highest BCUT2D eigenvalue weighted by Crippen LogP contribution is 2.41. The number of anilines is 3. The number of nitrogens with one attached hydrogen (secondary N) is 3. The quantitative estimate of drug-likeness (QED) is 0.137. The van der Waals surface area contributed by atoms with Crippen LogP contribution in [0.2, 0.25) is 0 Å². The average Bonchev–Trinajstić information content (AvgIpc) is 3.34. The van der Waals surface area contributed by atoms with E-state index >= 15 is 0 Å². The molecule has 17 heteroatoms. The molecule has 1 unspecified atom stereocenters. The third-order valence-electron chi connectivity index (χ3n) is 11.6. The smallest absolute Gasteiger partial charge is 0.376 e. The summed E-state index contributed by atoms with van der Waals surface area (Å²) in [6, 6.07) is 11.5. The number of hydrogen-bond acceptors (Lipinski definition) is 10. The summed E-state index contributed by atoms with van der Waals surface area (Å²) in [5.74, 6) is -1.22. The Morgan fingerprint density at radius 2 is 1.62 bits per heavy atom. The monoisotopic (exact) mass is 825 g/mol. The molecule has 58 heavy (non-hydrogen) atoms. The first-order chi connectivity index (χ1) is 27.5. The topological polar surface area (TPSA) is 156 Å². The molecule has 4 aliphatic rings. The van der Waals surface area contributed by atoms with Crippen molar-refractivity contribution >= 4 is 58.0 Å². The van der Waals surface area contributed by atoms with E-state index in [0.717, 1.165) is 42.7 Å². The zero-order chi connectivity index (χ0) is 41.9. The molecule has 13 nitrogen and oxygen atoms in total. The summed E-state index contributed by atoms with van der Waals surface area (Å²) in [6.45, 7) is 8.67. The first kappa shape index (κ1) is 43.0. The number of likely N-dealkylation sites (tertiary alicyclic amines) is 1. The summed E-state index contributed by atoms with van der Waals surface area (Å²) >= 11 is 5.72. The van der Waals surface area contributed by atoms with Crippen molar-refractivity contribution in [3.8, 4) is 6.07 Å². The molecule has 3 N–H and O–H groups in total. The zero-order valence-electron chi connectivity index (χ0n) is 33.1. The summed E-state index contributed by atoms with van der Waals surface area (Å²) < 4.78 is 53.6. The van der Waals surface area contributed by atoms with Crippen LogP contribution in [0.3, 0.4) is 0 Å². The molecule has 2 aromatic rings. The minimum Gasteiger partial charge on any atom is -0.376 e. The Labute approximate surface area is 341 Å². The number of nitrogens with zero attached hydrogens (tertiary/aromatic N) is 4. The van der Waals surface area contributed by atoms with Gasteiger partial charge in [0.15, 0.2) is 5.11 Å². The van der Waals surface area contributed by atoms with E-state index in [1.54, 1.807) is 44.2 Å². The SMILES string of the molecule is C[C@@H]1C[C@H](OCCO[C@H]2CC[C@H](N3C(=S)N(c4ccc(C#N)c(C(F)(F)F)c4)C(=O)C3(C)C)CC2)C[C@H](C)N1CC(=O)Nc1cccc(NC2CCC(=O)NC2=O)c1. The molecular weight excluding hydrogens is 776 g/mol. The predicted molar refractivity (Wildman–Crippen MR) is 214 cm³/mol. The van der Waals surface area contributed by atoms with E-state index in [0.29, 0.717) is 43.9 Å². The summed E-state index contributed by atoms with van der Waals surface area (Å²) in [5.41, 5.74) is -1.46. The van der Waals surface area contributed by atoms with E-state index in [-0.39, 0.29) is 71.8 Å². The number of imide groups is 1. The van der Waals surface area contributed by atoms with Gasteiger partial charge in [-0.25, -0.2) is 0 Å². The largest absolute Gasteiger partial charge is 0.417 e. The van der Waals surface area contributed by atoms with Gasteiger partial charge in [-0.3, -0.25) is 34.3 Å². The summed E-state index contributed by atoms with van der Waals surface area (Å²) in [7, 11) is 0. The maximum absolute atomic E-state index is 13.7. The molecular formula is C41H50F3N7O6S. The molecule has 4 atom stereocenters. The highest BCUT2D eigenvalue weighted by molar-refractivity contribution is 7.80. The van der Waals surface area contributed by atoms with Crippen LogP contribution < -0.4 is 20.9 Å². The van der Waals surface area contributed by atoms with Crippen molar-refractivity contribution in [2.75, 3.05) is 35.3 Å². The number of alkyl halides is 3. The van der Waals surface area contributed by atoms with Gasteiger partial charge in [0.25, 0.3) is 5.91 Å². The molecule has 0 spiro atoms. The van der Waals surface area contributed by atoms with Gasteiger partial charge in [0.05, 0.1) is 54.8 Å². The maximum atomic E-state index is 13.7. The van der Waals surface area contributed by atoms with Crippen LogP contribution in [0.15, 0.2) is 42.5 Å². The zero-order valence-corrected chi connectivity index (χ0v) is 33.9. The van der Waals surface area contributed by atoms with Gasteiger partial charge < -0.3 is 25.0 Å². The second-order valence-electron chi connectivity index (χ2n) is 16.1. The molecule has 3 saturated heterocycles. The first-order valence-corrected chi connectivity index (χ1v) is 20.1. The molecule has 2 aromatic carbocycles. The fraction of sp³-hybridized carbons (Fsp3) is 0.561. The number of nitriles is 1. The fourth-order valence-corrected chi connectivity index (χ4v) is 9.21. The van der Waals surface area contributed by atoms with Gasteiger partial charge in [-0.15, -0.1) is 0 Å². The molecule has 4 fully saturated rings. The van der Waals surface area contributed by atoms with Crippen molar-refractivity contribution in [1.29, 1.82) is 5.26 Å². The van der Waals surface area contributed by atoms with E-state index in [9.17, 15) is 37.6 Å². The van der Waals surface area contributed by atoms with Crippen LogP contribution in [0.25, 0.3) is 0 Å². The molecule has 4 amide bonds. The Balaban J connectivity index is 0.919. The van der Waals surface area contributed by atoms with Crippen molar-refractivity contribution in [3.05, 3.63) is 53.6 Å². The second-order valence-corrected chi connectivity index (χ2v) is 16.5. The Kier molecular flexibility index (Phi) is 13.1. The number of thiocarbonyl (C=S) groups is 1. The summed E-state index contributed by atoms with van der Waals surface area (Å²) in [6.07, 6.45) is 0.235. The lowest BCUT2D eigenvalue weighted by molar-refractivity contribution is -0.138. The van der Waals surface area contributed by atoms with E-state index in [2.05, 4.69) is 34.7 Å². The van der Waals surface area contributed by atoms with E-state index in [1.165, 1.54) is 6.07 Å². The van der Waals surface area contributed by atoms with Crippen LogP contribution in [0.4, 0.5) is 30.2 Å². The standard InChI is InChI=1S/C41H50F3N7O6S/c1-24-18-32(19-25(2)49(24)23-36(53)47-28-7-5-6-27(20-28)46-34-14-15-35(52)48-37(34)54)57-17-16-56-31-12-10-29(11-13-31)51-39(58)50(38(55)40(51,3)4)30-9-8-26(22-45)33(21-30)41(42,43)44/h5-9,20-21,24-25,29,31-32,34,46H,10-19,23H2,1-4H3,(H,47,53)(H,48,52,54)/t24-,25+,29-,31-,32+,34?. The van der Waals surface area contributed by atoms with Crippen LogP contribution in [-0.4, -0.2) is 100 Å². The lowest BCUT2D eigenvalue weighted by Gasteiger charge is -2.42. The highest BCUT2D eigenvalue weighted by Gasteiger charge is 2.52. The fourth-order valence-electron chi connectivity index (χ4n) is 8.65. The Morgan fingerprint density at radius 1 is 0.966 bits per heavy atom. The molecule has 0 bridgehead atoms. The van der Waals surface area contributed by atoms with Crippen LogP contribution in [0, 0.1) is 11.3 Å². The number of amides is 4. The molecule has 1 saturated carbocycles. The third-order valence-corrected chi connectivity index (χ3v) is 12.0. The average molecular weight is 826 g/mol. The van der Waals surface area contributed by atoms with Gasteiger partial charge in [-0.2, -0.15) is 18.4 Å². The van der Waals surface area contributed by atoms with Crippen molar-refractivity contribution in [3.63, 3.8) is 0 Å². The van der Waals surface area contributed by atoms with Crippen molar-refractivity contribution in [1.82, 2.24) is 15.1 Å². The Bertz CT molecular complexity index is 1940. The van der Waals surface area contributed by atoms with Gasteiger partial charge in [-0.1, -0.05) is 6.07 Å². The Morgan fingerprint density at radius 3 is 2.26 bits per heavy atom. The number of hydrogen-bond donors (Lipinski definition) is 3. The van der Waals surface area contributed by atoms with Gasteiger partial charge >= 0.3 is 6.18 Å². The third kappa shape index (κ3) is 9.62. The van der Waals surface area contributed by atoms with Crippen LogP contribution in [0.1, 0.15) is 90.2 Å². The van der Waals surface area contributed by atoms with E-state index in [1.807, 2.05) is 4.90 Å². The molecule has 3 heterocycles. The molecule has 6 rings (SSSR count). The first-order valence-electron chi connectivity index (χ1n) is 19.7. The number of benzene rings is 2. The van der Waals surface area contributed by atoms with Gasteiger partial charge in [0.1, 0.15) is 11.6 Å². The molecule has 1 aliphatic carbocycles. The normalized spacial score (nSPS) is 26.7. The minimum absolute atomic E-state index is 0.00840. The number of ether oxygens (including phenoxy) is 2. The molecule has 3 aliphatic heterocycles. The lowest BCUT2D eigenvalue weighted by Crippen LogP contribution is -2.51. The maximum Gasteiger partial charge on any atom is 0.417 e. The lowest BCUT2D eigenvalue weighted by atomic mass is 9.89. The molecule has 0 radical (unpaired) electrons. The number of carbonyl (C=O) groups is 4. The number of rotatable bonds is 12. The summed E-state index contributed by atoms with van der Waals surface area (Å²) in [5, 5.41) is 17.8. The number of piperidine rings is 2. The van der Waals surface area contributed by atoms with Gasteiger partial charge in [0.2, 0.25) is 17.7 Å². The number of halogens is 3. The van der Waals surface area contributed by atoms with Crippen LogP contribution in [0.5, 0.6) is 0 Å². The second kappa shape index (κ2) is 17.7. The molecule has 312 valence electrons. The van der Waals surface area contributed by atoms with Crippen molar-refractivity contribution in [2.45, 2.75) is 127 Å². The molecule has 0 aromatic heterocycles.